The van der Waals surface area contributed by atoms with Gasteiger partial charge in [-0.05, 0) is 30.9 Å². The van der Waals surface area contributed by atoms with Crippen LogP contribution in [0.2, 0.25) is 0 Å². The summed E-state index contributed by atoms with van der Waals surface area (Å²) >= 11 is 0. The lowest BCUT2D eigenvalue weighted by Crippen LogP contribution is -2.16. The van der Waals surface area contributed by atoms with Crippen molar-refractivity contribution in [2.75, 3.05) is 0 Å². The number of nitrogens with one attached hydrogen (secondary N) is 2. The molecule has 7 heteroatoms. The molecule has 2 aromatic heterocycles. The molecule has 4 aromatic rings. The van der Waals surface area contributed by atoms with Crippen molar-refractivity contribution in [3.63, 3.8) is 0 Å². The van der Waals surface area contributed by atoms with Gasteiger partial charge in [-0.25, -0.2) is 14.9 Å². The van der Waals surface area contributed by atoms with Gasteiger partial charge in [0.15, 0.2) is 11.6 Å². The first-order valence-corrected chi connectivity index (χ1v) is 10.2. The summed E-state index contributed by atoms with van der Waals surface area (Å²) in [7, 11) is 0. The van der Waals surface area contributed by atoms with E-state index in [9.17, 15) is 9.59 Å². The number of imidazole rings is 1. The predicted molar refractivity (Wildman–Crippen MR) is 112 cm³/mol. The van der Waals surface area contributed by atoms with Crippen molar-refractivity contribution in [2.45, 2.75) is 31.7 Å². The number of rotatable bonds is 4. The number of aryl methyl sites for hydroxylation is 1. The number of Topliss-reactive ketones (excluding diaryl/α,β-unsaturated/α-hetero) is 1. The SMILES string of the molecule is O=C1CCc2ccc(-c3nc(-c4ccccc4)[nH]c3-c3n[nH]c(=O)n3C3CC3)cc21. The third-order valence-corrected chi connectivity index (χ3v) is 5.90. The number of benzene rings is 2. The third kappa shape index (κ3) is 2.66. The van der Waals surface area contributed by atoms with E-state index in [1.807, 2.05) is 48.5 Å². The van der Waals surface area contributed by atoms with Gasteiger partial charge < -0.3 is 4.98 Å². The van der Waals surface area contributed by atoms with Crippen LogP contribution >= 0.6 is 0 Å². The topological polar surface area (TPSA) is 96.4 Å². The Morgan fingerprint density at radius 1 is 0.967 bits per heavy atom. The first kappa shape index (κ1) is 17.1. The Hall–Kier alpha value is -3.74. The van der Waals surface area contributed by atoms with E-state index in [1.165, 1.54) is 0 Å². The fourth-order valence-electron chi connectivity index (χ4n) is 4.21. The van der Waals surface area contributed by atoms with Gasteiger partial charge in [0.2, 0.25) is 0 Å². The average molecular weight is 397 g/mol. The van der Waals surface area contributed by atoms with Crippen molar-refractivity contribution in [3.8, 4) is 34.2 Å². The molecule has 30 heavy (non-hydrogen) atoms. The molecule has 0 atom stereocenters. The third-order valence-electron chi connectivity index (χ3n) is 5.90. The Balaban J connectivity index is 1.57. The molecule has 7 nitrogen and oxygen atoms in total. The first-order chi connectivity index (χ1) is 14.7. The Morgan fingerprint density at radius 2 is 1.80 bits per heavy atom. The Bertz CT molecular complexity index is 1340. The predicted octanol–water partition coefficient (Wildman–Crippen LogP) is 3.76. The second-order valence-electron chi connectivity index (χ2n) is 7.92. The fraction of sp³-hybridized carbons (Fsp3) is 0.217. The van der Waals surface area contributed by atoms with Crippen LogP contribution in [0, 0.1) is 0 Å². The zero-order valence-corrected chi connectivity index (χ0v) is 16.2. The van der Waals surface area contributed by atoms with Gasteiger partial charge in [-0.1, -0.05) is 42.5 Å². The quantitative estimate of drug-likeness (QED) is 0.548. The smallest absolute Gasteiger partial charge is 0.335 e. The van der Waals surface area contributed by atoms with Crippen LogP contribution in [0.1, 0.15) is 41.2 Å². The van der Waals surface area contributed by atoms with E-state index >= 15 is 0 Å². The molecule has 1 saturated carbocycles. The highest BCUT2D eigenvalue weighted by molar-refractivity contribution is 6.01. The van der Waals surface area contributed by atoms with Gasteiger partial charge in [-0.3, -0.25) is 9.36 Å². The van der Waals surface area contributed by atoms with E-state index in [1.54, 1.807) is 4.57 Å². The molecule has 0 unspecified atom stereocenters. The van der Waals surface area contributed by atoms with Gasteiger partial charge in [0.25, 0.3) is 0 Å². The number of nitrogens with zero attached hydrogens (tertiary/aromatic N) is 3. The average Bonchev–Trinajstić information content (AvgIpc) is 3.22. The second kappa shape index (κ2) is 6.38. The molecule has 0 saturated heterocycles. The summed E-state index contributed by atoms with van der Waals surface area (Å²) in [6.07, 6.45) is 3.28. The van der Waals surface area contributed by atoms with E-state index in [2.05, 4.69) is 15.2 Å². The van der Waals surface area contributed by atoms with Crippen LogP contribution in [0.5, 0.6) is 0 Å². The summed E-state index contributed by atoms with van der Waals surface area (Å²) in [5.41, 5.74) is 4.80. The van der Waals surface area contributed by atoms with Crippen molar-refractivity contribution in [1.29, 1.82) is 0 Å². The minimum Gasteiger partial charge on any atom is -0.335 e. The molecule has 2 aromatic carbocycles. The molecule has 148 valence electrons. The number of carbonyl (C=O) groups is 1. The number of hydrogen-bond donors (Lipinski definition) is 2. The summed E-state index contributed by atoms with van der Waals surface area (Å²) in [6, 6.07) is 15.9. The van der Waals surface area contributed by atoms with E-state index < -0.39 is 0 Å². The van der Waals surface area contributed by atoms with Crippen molar-refractivity contribution < 1.29 is 4.79 Å². The van der Waals surface area contributed by atoms with Crippen LogP contribution < -0.4 is 5.69 Å². The zero-order chi connectivity index (χ0) is 20.2. The van der Waals surface area contributed by atoms with Crippen LogP contribution in [0.15, 0.2) is 53.3 Å². The molecule has 2 aliphatic rings. The maximum absolute atomic E-state index is 12.4. The fourth-order valence-corrected chi connectivity index (χ4v) is 4.21. The summed E-state index contributed by atoms with van der Waals surface area (Å²) in [4.78, 5) is 32.9. The molecular weight excluding hydrogens is 378 g/mol. The monoisotopic (exact) mass is 397 g/mol. The molecule has 0 bridgehead atoms. The standard InChI is InChI=1S/C23H19N5O2/c29-18-11-8-13-6-7-15(12-17(13)18)19-20(22-26-27-23(30)28(22)16-9-10-16)25-21(24-19)14-4-2-1-3-5-14/h1-7,12,16H,8-11H2,(H,24,25)(H,27,30). The largest absolute Gasteiger partial charge is 0.343 e. The summed E-state index contributed by atoms with van der Waals surface area (Å²) in [5.74, 6) is 1.42. The molecule has 1 fully saturated rings. The lowest BCUT2D eigenvalue weighted by molar-refractivity contribution is 0.0994. The maximum atomic E-state index is 12.4. The number of H-pyrrole nitrogens is 2. The van der Waals surface area contributed by atoms with Gasteiger partial charge in [-0.15, -0.1) is 0 Å². The molecule has 2 aliphatic carbocycles. The van der Waals surface area contributed by atoms with Gasteiger partial charge >= 0.3 is 5.69 Å². The number of ketones is 1. The molecule has 2 heterocycles. The number of hydrogen-bond acceptors (Lipinski definition) is 4. The number of aromatic amines is 2. The van der Waals surface area contributed by atoms with E-state index in [0.29, 0.717) is 29.5 Å². The molecule has 6 rings (SSSR count). The Kier molecular flexibility index (Phi) is 3.65. The van der Waals surface area contributed by atoms with Crippen LogP contribution in [-0.2, 0) is 6.42 Å². The van der Waals surface area contributed by atoms with Crippen molar-refractivity contribution in [1.82, 2.24) is 24.7 Å². The van der Waals surface area contributed by atoms with Gasteiger partial charge in [0.1, 0.15) is 17.2 Å². The highest BCUT2D eigenvalue weighted by Crippen LogP contribution is 2.39. The zero-order valence-electron chi connectivity index (χ0n) is 16.2. The molecule has 0 radical (unpaired) electrons. The highest BCUT2D eigenvalue weighted by Gasteiger charge is 2.31. The lowest BCUT2D eigenvalue weighted by atomic mass is 10.0. The van der Waals surface area contributed by atoms with E-state index in [0.717, 1.165) is 41.5 Å². The highest BCUT2D eigenvalue weighted by atomic mass is 16.2. The van der Waals surface area contributed by atoms with Crippen LogP contribution in [0.4, 0.5) is 0 Å². The second-order valence-corrected chi connectivity index (χ2v) is 7.92. The van der Waals surface area contributed by atoms with Crippen molar-refractivity contribution >= 4 is 5.78 Å². The van der Waals surface area contributed by atoms with Crippen LogP contribution in [0.3, 0.4) is 0 Å². The summed E-state index contributed by atoms with van der Waals surface area (Å²) in [5, 5.41) is 6.90. The normalized spacial score (nSPS) is 15.5. The molecular formula is C23H19N5O2. The number of aromatic nitrogens is 5. The van der Waals surface area contributed by atoms with Crippen molar-refractivity contribution in [2.24, 2.45) is 0 Å². The van der Waals surface area contributed by atoms with Gasteiger partial charge in [0.05, 0.1) is 0 Å². The van der Waals surface area contributed by atoms with Crippen LogP contribution in [-0.4, -0.2) is 30.5 Å². The molecule has 0 amide bonds. The molecule has 2 N–H and O–H groups in total. The van der Waals surface area contributed by atoms with Gasteiger partial charge in [0, 0.05) is 29.2 Å². The lowest BCUT2D eigenvalue weighted by Gasteiger charge is -2.06. The summed E-state index contributed by atoms with van der Waals surface area (Å²) in [6.45, 7) is 0. The van der Waals surface area contributed by atoms with E-state index in [4.69, 9.17) is 4.98 Å². The van der Waals surface area contributed by atoms with Crippen LogP contribution in [0.25, 0.3) is 34.2 Å². The van der Waals surface area contributed by atoms with Gasteiger partial charge in [-0.2, -0.15) is 5.10 Å². The number of fused-ring (bicyclic) bond motifs is 1. The molecule has 0 spiro atoms. The number of carbonyl (C=O) groups excluding carboxylic acids is 1. The first-order valence-electron chi connectivity index (χ1n) is 10.2. The Labute approximate surface area is 171 Å². The minimum atomic E-state index is -0.210. The summed E-state index contributed by atoms with van der Waals surface area (Å²) < 4.78 is 1.71. The van der Waals surface area contributed by atoms with E-state index in [-0.39, 0.29) is 17.5 Å². The van der Waals surface area contributed by atoms with Crippen molar-refractivity contribution in [3.05, 3.63) is 70.1 Å². The Morgan fingerprint density at radius 3 is 2.60 bits per heavy atom. The minimum absolute atomic E-state index is 0.168. The molecule has 0 aliphatic heterocycles. The maximum Gasteiger partial charge on any atom is 0.343 e.